The summed E-state index contributed by atoms with van der Waals surface area (Å²) in [7, 11) is 5.00. The molecule has 0 saturated heterocycles. The van der Waals surface area contributed by atoms with Crippen LogP contribution in [0.5, 0.6) is 5.75 Å². The van der Waals surface area contributed by atoms with Crippen LogP contribution in [0.2, 0.25) is 0 Å². The third kappa shape index (κ3) is 1.93. The van der Waals surface area contributed by atoms with E-state index in [4.69, 9.17) is 4.74 Å². The lowest BCUT2D eigenvalue weighted by molar-refractivity contribution is -0.384. The minimum Gasteiger partial charge on any atom is -0.496 e. The summed E-state index contributed by atoms with van der Waals surface area (Å²) in [6.07, 6.45) is 0. The highest BCUT2D eigenvalue weighted by atomic mass is 16.6. The van der Waals surface area contributed by atoms with E-state index in [9.17, 15) is 10.1 Å². The van der Waals surface area contributed by atoms with Crippen LogP contribution in [0.4, 0.5) is 11.4 Å². The highest BCUT2D eigenvalue weighted by molar-refractivity contribution is 5.64. The van der Waals surface area contributed by atoms with Crippen molar-refractivity contribution < 1.29 is 9.66 Å². The number of nitrogens with zero attached hydrogens (tertiary/aromatic N) is 2. The molecule has 0 atom stereocenters. The number of nitro benzene ring substituents is 1. The first-order valence-electron chi connectivity index (χ1n) is 4.06. The van der Waals surface area contributed by atoms with Gasteiger partial charge in [0.15, 0.2) is 0 Å². The molecule has 0 N–H and O–H groups in total. The van der Waals surface area contributed by atoms with Gasteiger partial charge in [-0.15, -0.1) is 0 Å². The average Bonchev–Trinajstić information content (AvgIpc) is 2.16. The van der Waals surface area contributed by atoms with Crippen LogP contribution >= 0.6 is 0 Å². The summed E-state index contributed by atoms with van der Waals surface area (Å²) in [6, 6.07) is 4.77. The first-order chi connectivity index (χ1) is 6.56. The Bertz CT molecular complexity index is 350. The summed E-state index contributed by atoms with van der Waals surface area (Å²) in [5, 5.41) is 10.7. The number of rotatable bonds is 3. The Hall–Kier alpha value is -1.78. The van der Waals surface area contributed by atoms with Crippen molar-refractivity contribution in [2.75, 3.05) is 26.1 Å². The molecule has 1 rings (SSSR count). The molecule has 0 radical (unpaired) electrons. The van der Waals surface area contributed by atoms with Crippen LogP contribution in [0.1, 0.15) is 0 Å². The Morgan fingerprint density at radius 2 is 2.07 bits per heavy atom. The van der Waals surface area contributed by atoms with E-state index >= 15 is 0 Å². The summed E-state index contributed by atoms with van der Waals surface area (Å²) < 4.78 is 4.92. The van der Waals surface area contributed by atoms with Gasteiger partial charge < -0.3 is 9.64 Å². The fraction of sp³-hybridized carbons (Fsp3) is 0.333. The molecule has 76 valence electrons. The number of anilines is 1. The molecule has 0 bridgehead atoms. The molecule has 1 aromatic rings. The van der Waals surface area contributed by atoms with Gasteiger partial charge in [-0.2, -0.15) is 0 Å². The standard InChI is InChI=1S/C9H12N2O3/c1-10(2)8-5-4-7(14-3)6-9(8)11(12)13/h4-6H,1-3H3. The van der Waals surface area contributed by atoms with Crippen molar-refractivity contribution in [2.45, 2.75) is 0 Å². The van der Waals surface area contributed by atoms with Gasteiger partial charge in [-0.1, -0.05) is 0 Å². The lowest BCUT2D eigenvalue weighted by atomic mass is 10.2. The molecule has 0 amide bonds. The molecule has 5 nitrogen and oxygen atoms in total. The van der Waals surface area contributed by atoms with Crippen molar-refractivity contribution in [3.63, 3.8) is 0 Å². The lowest BCUT2D eigenvalue weighted by Gasteiger charge is -2.12. The average molecular weight is 196 g/mol. The first-order valence-corrected chi connectivity index (χ1v) is 4.06. The van der Waals surface area contributed by atoms with Gasteiger partial charge in [0, 0.05) is 14.1 Å². The van der Waals surface area contributed by atoms with Crippen LogP contribution in [0, 0.1) is 10.1 Å². The molecular weight excluding hydrogens is 184 g/mol. The molecule has 5 heteroatoms. The molecule has 0 unspecified atom stereocenters. The molecule has 0 aliphatic rings. The fourth-order valence-electron chi connectivity index (χ4n) is 1.15. The first kappa shape index (κ1) is 10.3. The van der Waals surface area contributed by atoms with Gasteiger partial charge in [-0.05, 0) is 12.1 Å². The van der Waals surface area contributed by atoms with Crippen molar-refractivity contribution >= 4 is 11.4 Å². The minimum atomic E-state index is -0.419. The Kier molecular flexibility index (Phi) is 2.91. The molecule has 0 aliphatic heterocycles. The maximum atomic E-state index is 10.7. The van der Waals surface area contributed by atoms with Crippen LogP contribution in [0.3, 0.4) is 0 Å². The van der Waals surface area contributed by atoms with Crippen molar-refractivity contribution in [3.8, 4) is 5.75 Å². The third-order valence-electron chi connectivity index (χ3n) is 1.86. The minimum absolute atomic E-state index is 0.0503. The molecule has 0 spiro atoms. The van der Waals surface area contributed by atoms with E-state index in [1.54, 1.807) is 31.1 Å². The topological polar surface area (TPSA) is 55.6 Å². The van der Waals surface area contributed by atoms with Gasteiger partial charge in [0.1, 0.15) is 11.4 Å². The van der Waals surface area contributed by atoms with Crippen LogP contribution in [-0.4, -0.2) is 26.1 Å². The highest BCUT2D eigenvalue weighted by Gasteiger charge is 2.15. The van der Waals surface area contributed by atoms with Gasteiger partial charge in [0.05, 0.1) is 18.1 Å². The van der Waals surface area contributed by atoms with Gasteiger partial charge in [0.25, 0.3) is 5.69 Å². The van der Waals surface area contributed by atoms with E-state index in [1.165, 1.54) is 13.2 Å². The Labute approximate surface area is 82.1 Å². The zero-order valence-corrected chi connectivity index (χ0v) is 8.35. The maximum absolute atomic E-state index is 10.7. The fourth-order valence-corrected chi connectivity index (χ4v) is 1.15. The number of benzene rings is 1. The molecule has 0 aliphatic carbocycles. The summed E-state index contributed by atoms with van der Waals surface area (Å²) in [5.74, 6) is 0.488. The zero-order chi connectivity index (χ0) is 10.7. The van der Waals surface area contributed by atoms with E-state index in [1.807, 2.05) is 0 Å². The van der Waals surface area contributed by atoms with Crippen molar-refractivity contribution in [3.05, 3.63) is 28.3 Å². The zero-order valence-electron chi connectivity index (χ0n) is 8.35. The second-order valence-corrected chi connectivity index (χ2v) is 3.01. The van der Waals surface area contributed by atoms with E-state index in [0.717, 1.165) is 0 Å². The molecule has 0 heterocycles. The number of hydrogen-bond donors (Lipinski definition) is 0. The molecule has 0 saturated carbocycles. The summed E-state index contributed by atoms with van der Waals surface area (Å²) >= 11 is 0. The predicted molar refractivity (Wildman–Crippen MR) is 54.0 cm³/mol. The quantitative estimate of drug-likeness (QED) is 0.545. The van der Waals surface area contributed by atoms with E-state index in [-0.39, 0.29) is 5.69 Å². The summed E-state index contributed by atoms with van der Waals surface area (Å²) in [5.41, 5.74) is 0.616. The summed E-state index contributed by atoms with van der Waals surface area (Å²) in [6.45, 7) is 0. The second kappa shape index (κ2) is 3.95. The van der Waals surface area contributed by atoms with Crippen molar-refractivity contribution in [2.24, 2.45) is 0 Å². The Morgan fingerprint density at radius 1 is 1.43 bits per heavy atom. The lowest BCUT2D eigenvalue weighted by Crippen LogP contribution is -2.10. The molecule has 14 heavy (non-hydrogen) atoms. The highest BCUT2D eigenvalue weighted by Crippen LogP contribution is 2.30. The molecule has 0 fully saturated rings. The second-order valence-electron chi connectivity index (χ2n) is 3.01. The van der Waals surface area contributed by atoms with E-state index in [0.29, 0.717) is 11.4 Å². The van der Waals surface area contributed by atoms with Crippen molar-refractivity contribution in [1.29, 1.82) is 0 Å². The number of nitro groups is 1. The smallest absolute Gasteiger partial charge is 0.296 e. The normalized spacial score (nSPS) is 9.64. The maximum Gasteiger partial charge on any atom is 0.296 e. The van der Waals surface area contributed by atoms with Crippen molar-refractivity contribution in [1.82, 2.24) is 0 Å². The third-order valence-corrected chi connectivity index (χ3v) is 1.86. The number of hydrogen-bond acceptors (Lipinski definition) is 4. The monoisotopic (exact) mass is 196 g/mol. The van der Waals surface area contributed by atoms with Gasteiger partial charge in [0.2, 0.25) is 0 Å². The molecular formula is C9H12N2O3. The van der Waals surface area contributed by atoms with Crippen LogP contribution in [0.15, 0.2) is 18.2 Å². The van der Waals surface area contributed by atoms with E-state index in [2.05, 4.69) is 0 Å². The van der Waals surface area contributed by atoms with Gasteiger partial charge in [-0.3, -0.25) is 10.1 Å². The van der Waals surface area contributed by atoms with Crippen LogP contribution < -0.4 is 9.64 Å². The molecule has 1 aromatic carbocycles. The van der Waals surface area contributed by atoms with Crippen LogP contribution in [-0.2, 0) is 0 Å². The Balaban J connectivity index is 3.24. The summed E-state index contributed by atoms with van der Waals surface area (Å²) in [4.78, 5) is 12.0. The van der Waals surface area contributed by atoms with Gasteiger partial charge >= 0.3 is 0 Å². The SMILES string of the molecule is COc1ccc(N(C)C)c([N+](=O)[O-])c1. The Morgan fingerprint density at radius 3 is 2.50 bits per heavy atom. The largest absolute Gasteiger partial charge is 0.496 e. The van der Waals surface area contributed by atoms with E-state index < -0.39 is 4.92 Å². The molecule has 0 aromatic heterocycles. The van der Waals surface area contributed by atoms with Crippen LogP contribution in [0.25, 0.3) is 0 Å². The number of methoxy groups -OCH3 is 1. The van der Waals surface area contributed by atoms with Gasteiger partial charge in [-0.25, -0.2) is 0 Å². The number of ether oxygens (including phenoxy) is 1. The predicted octanol–water partition coefficient (Wildman–Crippen LogP) is 1.67.